The molecular formula is C12H17N3O2. The van der Waals surface area contributed by atoms with E-state index in [1.165, 1.54) is 0 Å². The van der Waals surface area contributed by atoms with Gasteiger partial charge in [-0.2, -0.15) is 0 Å². The molecule has 1 aromatic rings. The fourth-order valence-corrected chi connectivity index (χ4v) is 1.91. The molecule has 1 amide bonds. The molecule has 1 aliphatic heterocycles. The Balaban J connectivity index is 2.07. The van der Waals surface area contributed by atoms with Crippen molar-refractivity contribution in [2.45, 2.75) is 12.5 Å². The number of hydrogen-bond acceptors (Lipinski definition) is 4. The second-order valence-electron chi connectivity index (χ2n) is 4.16. The van der Waals surface area contributed by atoms with Crippen molar-refractivity contribution in [2.24, 2.45) is 5.84 Å². The first-order valence-electron chi connectivity index (χ1n) is 5.64. The van der Waals surface area contributed by atoms with Gasteiger partial charge in [0.15, 0.2) is 0 Å². The highest BCUT2D eigenvalue weighted by molar-refractivity contribution is 5.94. The van der Waals surface area contributed by atoms with Gasteiger partial charge in [0, 0.05) is 24.9 Å². The lowest BCUT2D eigenvalue weighted by Gasteiger charge is -2.23. The number of ether oxygens (including phenoxy) is 1. The molecule has 0 radical (unpaired) electrons. The Labute approximate surface area is 101 Å². The second kappa shape index (κ2) is 5.16. The maximum Gasteiger partial charge on any atom is 0.253 e. The molecule has 1 aliphatic rings. The molecule has 1 saturated heterocycles. The van der Waals surface area contributed by atoms with Crippen LogP contribution in [0.2, 0.25) is 0 Å². The highest BCUT2D eigenvalue weighted by Gasteiger charge is 2.24. The number of nitrogens with zero attached hydrogens (tertiary/aromatic N) is 1. The fourth-order valence-electron chi connectivity index (χ4n) is 1.91. The van der Waals surface area contributed by atoms with Crippen molar-refractivity contribution >= 4 is 11.6 Å². The van der Waals surface area contributed by atoms with E-state index in [-0.39, 0.29) is 11.9 Å². The number of carbonyl (C=O) groups is 1. The summed E-state index contributed by atoms with van der Waals surface area (Å²) in [6.45, 7) is 1.36. The number of benzene rings is 1. The zero-order valence-electron chi connectivity index (χ0n) is 9.85. The molecule has 0 aliphatic carbocycles. The number of likely N-dealkylation sites (N-methyl/N-ethyl adjacent to an activating group) is 1. The molecule has 2 rings (SSSR count). The molecule has 17 heavy (non-hydrogen) atoms. The Kier molecular flexibility index (Phi) is 3.61. The van der Waals surface area contributed by atoms with Gasteiger partial charge < -0.3 is 15.1 Å². The van der Waals surface area contributed by atoms with Crippen molar-refractivity contribution in [3.8, 4) is 0 Å². The van der Waals surface area contributed by atoms with Crippen molar-refractivity contribution in [3.63, 3.8) is 0 Å². The molecule has 5 nitrogen and oxygen atoms in total. The zero-order chi connectivity index (χ0) is 12.3. The quantitative estimate of drug-likeness (QED) is 0.601. The third-order valence-electron chi connectivity index (χ3n) is 3.07. The van der Waals surface area contributed by atoms with Crippen LogP contribution in [-0.2, 0) is 4.74 Å². The molecule has 1 fully saturated rings. The van der Waals surface area contributed by atoms with E-state index >= 15 is 0 Å². The second-order valence-corrected chi connectivity index (χ2v) is 4.16. The van der Waals surface area contributed by atoms with Gasteiger partial charge in [-0.15, -0.1) is 0 Å². The number of nitrogen functional groups attached to an aromatic ring is 1. The van der Waals surface area contributed by atoms with Crippen LogP contribution in [0.3, 0.4) is 0 Å². The van der Waals surface area contributed by atoms with Gasteiger partial charge in [-0.25, -0.2) is 0 Å². The summed E-state index contributed by atoms with van der Waals surface area (Å²) in [6.07, 6.45) is 0.907. The van der Waals surface area contributed by atoms with Gasteiger partial charge in [-0.05, 0) is 30.7 Å². The summed E-state index contributed by atoms with van der Waals surface area (Å²) in [6, 6.07) is 7.29. The molecule has 92 valence electrons. The van der Waals surface area contributed by atoms with Crippen LogP contribution in [0.1, 0.15) is 16.8 Å². The van der Waals surface area contributed by atoms with Crippen LogP contribution in [0.25, 0.3) is 0 Å². The minimum Gasteiger partial charge on any atom is -0.379 e. The lowest BCUT2D eigenvalue weighted by atomic mass is 10.1. The van der Waals surface area contributed by atoms with Gasteiger partial charge in [-0.3, -0.25) is 10.6 Å². The Hall–Kier alpha value is -1.59. The monoisotopic (exact) mass is 235 g/mol. The first-order valence-corrected chi connectivity index (χ1v) is 5.64. The van der Waals surface area contributed by atoms with Crippen LogP contribution >= 0.6 is 0 Å². The SMILES string of the molecule is CN(C(=O)c1ccc(NN)cc1)C1CCOC1. The summed E-state index contributed by atoms with van der Waals surface area (Å²) in [5.41, 5.74) is 3.98. The molecule has 0 bridgehead atoms. The molecule has 0 aromatic heterocycles. The number of hydrazine groups is 1. The van der Waals surface area contributed by atoms with Crippen LogP contribution < -0.4 is 11.3 Å². The maximum atomic E-state index is 12.2. The molecular weight excluding hydrogens is 218 g/mol. The van der Waals surface area contributed by atoms with Gasteiger partial charge in [0.05, 0.1) is 12.6 Å². The zero-order valence-corrected chi connectivity index (χ0v) is 9.85. The minimum absolute atomic E-state index is 0.0177. The predicted octanol–water partition coefficient (Wildman–Crippen LogP) is 0.833. The van der Waals surface area contributed by atoms with Crippen molar-refractivity contribution in [1.29, 1.82) is 0 Å². The van der Waals surface area contributed by atoms with Crippen LogP contribution in [0.5, 0.6) is 0 Å². The third-order valence-corrected chi connectivity index (χ3v) is 3.07. The Morgan fingerprint density at radius 1 is 1.47 bits per heavy atom. The average Bonchev–Trinajstić information content (AvgIpc) is 2.91. The van der Waals surface area contributed by atoms with Crippen LogP contribution in [0.15, 0.2) is 24.3 Å². The van der Waals surface area contributed by atoms with E-state index < -0.39 is 0 Å². The molecule has 3 N–H and O–H groups in total. The summed E-state index contributed by atoms with van der Waals surface area (Å²) in [5, 5.41) is 0. The van der Waals surface area contributed by atoms with Crippen LogP contribution in [0.4, 0.5) is 5.69 Å². The van der Waals surface area contributed by atoms with Gasteiger partial charge >= 0.3 is 0 Å². The van der Waals surface area contributed by atoms with Crippen molar-refractivity contribution in [1.82, 2.24) is 4.90 Å². The van der Waals surface area contributed by atoms with E-state index in [2.05, 4.69) is 5.43 Å². The van der Waals surface area contributed by atoms with Crippen molar-refractivity contribution in [2.75, 3.05) is 25.7 Å². The summed E-state index contributed by atoms with van der Waals surface area (Å²) >= 11 is 0. The summed E-state index contributed by atoms with van der Waals surface area (Å²) in [5.74, 6) is 5.29. The molecule has 1 aromatic carbocycles. The number of hydrogen-bond donors (Lipinski definition) is 2. The minimum atomic E-state index is 0.0177. The largest absolute Gasteiger partial charge is 0.379 e. The molecule has 0 saturated carbocycles. The van der Waals surface area contributed by atoms with Crippen LogP contribution in [-0.4, -0.2) is 37.1 Å². The number of carbonyl (C=O) groups excluding carboxylic acids is 1. The van der Waals surface area contributed by atoms with E-state index in [1.807, 2.05) is 7.05 Å². The number of nitrogens with two attached hydrogens (primary N) is 1. The number of anilines is 1. The van der Waals surface area contributed by atoms with E-state index in [4.69, 9.17) is 10.6 Å². The van der Waals surface area contributed by atoms with E-state index in [0.29, 0.717) is 12.2 Å². The van der Waals surface area contributed by atoms with E-state index in [1.54, 1.807) is 29.2 Å². The number of nitrogens with one attached hydrogen (secondary N) is 1. The lowest BCUT2D eigenvalue weighted by Crippen LogP contribution is -2.37. The summed E-state index contributed by atoms with van der Waals surface area (Å²) < 4.78 is 5.28. The van der Waals surface area contributed by atoms with Crippen LogP contribution in [0, 0.1) is 0 Å². The third kappa shape index (κ3) is 2.57. The van der Waals surface area contributed by atoms with Gasteiger partial charge in [0.2, 0.25) is 0 Å². The first kappa shape index (κ1) is 11.9. The smallest absolute Gasteiger partial charge is 0.253 e. The lowest BCUT2D eigenvalue weighted by molar-refractivity contribution is 0.0711. The predicted molar refractivity (Wildman–Crippen MR) is 65.6 cm³/mol. The summed E-state index contributed by atoms with van der Waals surface area (Å²) in [7, 11) is 1.82. The maximum absolute atomic E-state index is 12.2. The molecule has 1 heterocycles. The Morgan fingerprint density at radius 3 is 2.71 bits per heavy atom. The number of rotatable bonds is 3. The highest BCUT2D eigenvalue weighted by atomic mass is 16.5. The standard InChI is InChI=1S/C12H17N3O2/c1-15(11-6-7-17-8-11)12(16)9-2-4-10(14-13)5-3-9/h2-5,11,14H,6-8,13H2,1H3. The Bertz CT molecular complexity index is 385. The molecule has 1 atom stereocenters. The van der Waals surface area contributed by atoms with E-state index in [0.717, 1.165) is 18.7 Å². The van der Waals surface area contributed by atoms with Crippen molar-refractivity contribution < 1.29 is 9.53 Å². The normalized spacial score (nSPS) is 19.1. The fraction of sp³-hybridized carbons (Fsp3) is 0.417. The summed E-state index contributed by atoms with van der Waals surface area (Å²) in [4.78, 5) is 13.9. The Morgan fingerprint density at radius 2 is 2.18 bits per heavy atom. The van der Waals surface area contributed by atoms with Gasteiger partial charge in [-0.1, -0.05) is 0 Å². The molecule has 0 spiro atoms. The molecule has 1 unspecified atom stereocenters. The van der Waals surface area contributed by atoms with Crippen molar-refractivity contribution in [3.05, 3.63) is 29.8 Å². The average molecular weight is 235 g/mol. The van der Waals surface area contributed by atoms with Gasteiger partial charge in [0.1, 0.15) is 0 Å². The first-order chi connectivity index (χ1) is 8.22. The van der Waals surface area contributed by atoms with E-state index in [9.17, 15) is 4.79 Å². The van der Waals surface area contributed by atoms with Gasteiger partial charge in [0.25, 0.3) is 5.91 Å². The number of amides is 1. The topological polar surface area (TPSA) is 67.6 Å². The highest BCUT2D eigenvalue weighted by Crippen LogP contribution is 2.15. The molecule has 5 heteroatoms.